The standard InChI is InChI=1S/C23H26ClNO6/c1-23(2)5-8-31-20-14-10-19(30-7-4-6-29-3)16(24)9-13(14)17-11-18(26)15(22(27)28)12-25(17)21(20)23/h9-12,20-21H,4-8H2,1-3H3,(H,27,28)/t20-,21+/m1/s1. The van der Waals surface area contributed by atoms with E-state index in [2.05, 4.69) is 13.8 Å². The normalized spacial score (nSPS) is 21.0. The second kappa shape index (κ2) is 8.30. The van der Waals surface area contributed by atoms with Gasteiger partial charge in [-0.2, -0.15) is 0 Å². The van der Waals surface area contributed by atoms with Crippen molar-refractivity contribution in [1.29, 1.82) is 0 Å². The summed E-state index contributed by atoms with van der Waals surface area (Å²) in [5, 5.41) is 9.92. The van der Waals surface area contributed by atoms with Crippen molar-refractivity contribution in [2.24, 2.45) is 5.41 Å². The number of carbonyl (C=O) groups is 1. The van der Waals surface area contributed by atoms with E-state index in [4.69, 9.17) is 25.8 Å². The number of hydrogen-bond acceptors (Lipinski definition) is 5. The molecule has 31 heavy (non-hydrogen) atoms. The highest BCUT2D eigenvalue weighted by atomic mass is 35.5. The Labute approximate surface area is 185 Å². The van der Waals surface area contributed by atoms with Crippen LogP contribution in [0.3, 0.4) is 0 Å². The third-order valence-electron chi connectivity index (χ3n) is 6.18. The fraction of sp³-hybridized carbons (Fsp3) is 0.478. The van der Waals surface area contributed by atoms with E-state index in [1.807, 2.05) is 10.6 Å². The monoisotopic (exact) mass is 447 g/mol. The maximum atomic E-state index is 12.5. The number of aromatic carboxylic acids is 1. The van der Waals surface area contributed by atoms with E-state index in [1.54, 1.807) is 13.2 Å². The Morgan fingerprint density at radius 2 is 2.10 bits per heavy atom. The number of carboxylic acids is 1. The number of nitrogens with zero attached hydrogens (tertiary/aromatic N) is 1. The second-order valence-corrected chi connectivity index (χ2v) is 9.10. The van der Waals surface area contributed by atoms with E-state index in [0.29, 0.717) is 36.3 Å². The SMILES string of the molecule is COCCCOc1cc2c(cc1Cl)-c1cc(=O)c(C(=O)O)cn1[C@H]1[C@@H]2OCCC1(C)C. The zero-order valence-electron chi connectivity index (χ0n) is 17.8. The number of fused-ring (bicyclic) bond motifs is 6. The number of halogens is 1. The van der Waals surface area contributed by atoms with E-state index in [-0.39, 0.29) is 23.1 Å². The first-order valence-electron chi connectivity index (χ1n) is 10.3. The van der Waals surface area contributed by atoms with Crippen LogP contribution < -0.4 is 10.2 Å². The van der Waals surface area contributed by atoms with E-state index in [1.165, 1.54) is 12.3 Å². The van der Waals surface area contributed by atoms with Crippen LogP contribution in [0.25, 0.3) is 11.3 Å². The predicted octanol–water partition coefficient (Wildman–Crippen LogP) is 4.32. The predicted molar refractivity (Wildman–Crippen MR) is 116 cm³/mol. The molecule has 0 amide bonds. The highest BCUT2D eigenvalue weighted by Gasteiger charge is 2.46. The fourth-order valence-corrected chi connectivity index (χ4v) is 4.78. The summed E-state index contributed by atoms with van der Waals surface area (Å²) < 4.78 is 19.0. The van der Waals surface area contributed by atoms with Gasteiger partial charge in [0.2, 0.25) is 0 Å². The average molecular weight is 448 g/mol. The molecule has 4 rings (SSSR count). The number of pyridine rings is 1. The summed E-state index contributed by atoms with van der Waals surface area (Å²) in [4.78, 5) is 24.2. The lowest BCUT2D eigenvalue weighted by molar-refractivity contribution is -0.0857. The summed E-state index contributed by atoms with van der Waals surface area (Å²) in [6.07, 6.45) is 2.68. The molecule has 1 aromatic heterocycles. The van der Waals surface area contributed by atoms with E-state index >= 15 is 0 Å². The second-order valence-electron chi connectivity index (χ2n) is 8.69. The van der Waals surface area contributed by atoms with Crippen molar-refractivity contribution < 1.29 is 24.1 Å². The van der Waals surface area contributed by atoms with Gasteiger partial charge in [0, 0.05) is 44.6 Å². The number of carboxylic acid groups (broad SMARTS) is 1. The fourth-order valence-electron chi connectivity index (χ4n) is 4.56. The molecule has 0 unspecified atom stereocenters. The van der Waals surface area contributed by atoms with Crippen LogP contribution in [0.5, 0.6) is 5.75 Å². The van der Waals surface area contributed by atoms with Gasteiger partial charge in [0.15, 0.2) is 5.43 Å². The third-order valence-corrected chi connectivity index (χ3v) is 6.47. The molecule has 0 spiro atoms. The van der Waals surface area contributed by atoms with Crippen LogP contribution in [-0.4, -0.2) is 42.6 Å². The average Bonchev–Trinajstić information content (AvgIpc) is 2.71. The van der Waals surface area contributed by atoms with Crippen molar-refractivity contribution >= 4 is 17.6 Å². The van der Waals surface area contributed by atoms with E-state index in [0.717, 1.165) is 24.0 Å². The van der Waals surface area contributed by atoms with Crippen molar-refractivity contribution in [1.82, 2.24) is 4.57 Å². The Balaban J connectivity index is 1.88. The molecule has 2 aliphatic rings. The molecule has 7 nitrogen and oxygen atoms in total. The van der Waals surface area contributed by atoms with Crippen LogP contribution >= 0.6 is 11.6 Å². The lowest BCUT2D eigenvalue weighted by Gasteiger charge is -2.49. The number of rotatable bonds is 6. The molecule has 1 aromatic carbocycles. The van der Waals surface area contributed by atoms with Crippen molar-refractivity contribution in [3.05, 3.63) is 50.8 Å². The van der Waals surface area contributed by atoms with Gasteiger partial charge >= 0.3 is 5.97 Å². The Kier molecular flexibility index (Phi) is 5.85. The summed E-state index contributed by atoms with van der Waals surface area (Å²) in [5.41, 5.74) is 1.32. The van der Waals surface area contributed by atoms with Gasteiger partial charge in [-0.1, -0.05) is 25.4 Å². The van der Waals surface area contributed by atoms with Gasteiger partial charge in [-0.05, 0) is 29.5 Å². The lowest BCUT2D eigenvalue weighted by atomic mass is 9.72. The first-order valence-corrected chi connectivity index (χ1v) is 10.7. The zero-order chi connectivity index (χ0) is 22.3. The Morgan fingerprint density at radius 3 is 2.81 bits per heavy atom. The molecule has 2 atom stereocenters. The minimum Gasteiger partial charge on any atom is -0.492 e. The smallest absolute Gasteiger partial charge is 0.341 e. The third kappa shape index (κ3) is 3.86. The Bertz CT molecular complexity index is 1080. The zero-order valence-corrected chi connectivity index (χ0v) is 18.6. The molecule has 2 aromatic rings. The van der Waals surface area contributed by atoms with Crippen LogP contribution in [0.15, 0.2) is 29.2 Å². The molecule has 1 N–H and O–H groups in total. The summed E-state index contributed by atoms with van der Waals surface area (Å²) in [7, 11) is 1.64. The molecule has 1 saturated heterocycles. The van der Waals surface area contributed by atoms with Gasteiger partial charge in [-0.3, -0.25) is 4.79 Å². The molecule has 8 heteroatoms. The van der Waals surface area contributed by atoms with Gasteiger partial charge in [0.05, 0.1) is 23.4 Å². The van der Waals surface area contributed by atoms with Crippen LogP contribution in [-0.2, 0) is 9.47 Å². The van der Waals surface area contributed by atoms with Crippen molar-refractivity contribution in [2.45, 2.75) is 38.8 Å². The summed E-state index contributed by atoms with van der Waals surface area (Å²) in [6.45, 7) is 5.91. The van der Waals surface area contributed by atoms with Crippen molar-refractivity contribution in [3.8, 4) is 17.0 Å². The highest BCUT2D eigenvalue weighted by molar-refractivity contribution is 6.32. The van der Waals surface area contributed by atoms with E-state index in [9.17, 15) is 14.7 Å². The number of hydrogen-bond donors (Lipinski definition) is 1. The summed E-state index contributed by atoms with van der Waals surface area (Å²) >= 11 is 6.51. The van der Waals surface area contributed by atoms with Crippen LogP contribution in [0.2, 0.25) is 5.02 Å². The molecule has 2 aliphatic heterocycles. The van der Waals surface area contributed by atoms with Crippen molar-refractivity contribution in [2.75, 3.05) is 26.9 Å². The van der Waals surface area contributed by atoms with Gasteiger partial charge in [0.25, 0.3) is 0 Å². The maximum absolute atomic E-state index is 12.5. The minimum absolute atomic E-state index is 0.176. The Morgan fingerprint density at radius 1 is 1.32 bits per heavy atom. The van der Waals surface area contributed by atoms with Gasteiger partial charge in [-0.25, -0.2) is 4.79 Å². The van der Waals surface area contributed by atoms with E-state index < -0.39 is 11.4 Å². The van der Waals surface area contributed by atoms with Crippen LogP contribution in [0, 0.1) is 5.41 Å². The molecule has 3 heterocycles. The molecule has 166 valence electrons. The number of benzene rings is 1. The van der Waals surface area contributed by atoms with Gasteiger partial charge < -0.3 is 23.9 Å². The molecule has 0 saturated carbocycles. The van der Waals surface area contributed by atoms with Gasteiger partial charge in [-0.15, -0.1) is 0 Å². The van der Waals surface area contributed by atoms with Crippen LogP contribution in [0.4, 0.5) is 0 Å². The largest absolute Gasteiger partial charge is 0.492 e. The quantitative estimate of drug-likeness (QED) is 0.663. The van der Waals surface area contributed by atoms with Crippen LogP contribution in [0.1, 0.15) is 54.8 Å². The van der Waals surface area contributed by atoms with Gasteiger partial charge in [0.1, 0.15) is 17.4 Å². The minimum atomic E-state index is -1.24. The first-order chi connectivity index (χ1) is 14.7. The molecule has 1 fully saturated rings. The Hall–Kier alpha value is -2.35. The summed E-state index contributed by atoms with van der Waals surface area (Å²) in [5.74, 6) is -0.685. The highest BCUT2D eigenvalue weighted by Crippen LogP contribution is 2.55. The number of ether oxygens (including phenoxy) is 3. The lowest BCUT2D eigenvalue weighted by Crippen LogP contribution is -2.42. The number of methoxy groups -OCH3 is 1. The first kappa shape index (κ1) is 21.9. The molecule has 0 bridgehead atoms. The maximum Gasteiger partial charge on any atom is 0.341 e. The summed E-state index contributed by atoms with van der Waals surface area (Å²) in [6, 6.07) is 4.88. The molecular formula is C23H26ClNO6. The topological polar surface area (TPSA) is 87.0 Å². The number of aromatic nitrogens is 1. The molecule has 0 aliphatic carbocycles. The van der Waals surface area contributed by atoms with Crippen molar-refractivity contribution in [3.63, 3.8) is 0 Å². The molecule has 0 radical (unpaired) electrons. The molecular weight excluding hydrogens is 422 g/mol.